The monoisotopic (exact) mass is 276 g/mol. The second-order valence-corrected chi connectivity index (χ2v) is 7.06. The van der Waals surface area contributed by atoms with Crippen LogP contribution < -0.4 is 0 Å². The van der Waals surface area contributed by atoms with Crippen LogP contribution in [0.2, 0.25) is 0 Å². The van der Waals surface area contributed by atoms with E-state index in [0.29, 0.717) is 19.6 Å². The van der Waals surface area contributed by atoms with Crippen LogP contribution in [0.3, 0.4) is 0 Å². The zero-order chi connectivity index (χ0) is 14.7. The average molecular weight is 276 g/mol. The van der Waals surface area contributed by atoms with Crippen LogP contribution in [0.15, 0.2) is 0 Å². The second-order valence-electron chi connectivity index (χ2n) is 7.06. The van der Waals surface area contributed by atoms with E-state index in [1.807, 2.05) is 20.8 Å². The summed E-state index contributed by atoms with van der Waals surface area (Å²) in [5.41, 5.74) is -0.467. The largest absolute Gasteiger partial charge is 0.394 e. The van der Waals surface area contributed by atoms with E-state index in [4.69, 9.17) is 14.2 Å². The minimum atomic E-state index is -0.921. The third-order valence-electron chi connectivity index (χ3n) is 2.84. The van der Waals surface area contributed by atoms with Gasteiger partial charge in [0.25, 0.3) is 0 Å². The van der Waals surface area contributed by atoms with Crippen LogP contribution in [-0.2, 0) is 14.2 Å². The fourth-order valence-electron chi connectivity index (χ4n) is 2.47. The lowest BCUT2D eigenvalue weighted by atomic mass is 9.83. The Morgan fingerprint density at radius 3 is 2.16 bits per heavy atom. The van der Waals surface area contributed by atoms with Gasteiger partial charge in [-0.1, -0.05) is 13.8 Å². The van der Waals surface area contributed by atoms with E-state index in [1.54, 1.807) is 0 Å². The minimum Gasteiger partial charge on any atom is -0.394 e. The Hall–Kier alpha value is -0.200. The molecule has 19 heavy (non-hydrogen) atoms. The Balaban J connectivity index is 2.89. The first-order chi connectivity index (χ1) is 8.61. The quantitative estimate of drug-likeness (QED) is 0.741. The first-order valence-electron chi connectivity index (χ1n) is 6.79. The standard InChI is InChI=1S/C14H28O5/c1-12(2,3)19-14(18-11(6-15)7-16)8-13(4,5)9-17-10-14/h11,15-16H,6-10H2,1-5H3. The molecule has 1 rings (SSSR count). The van der Waals surface area contributed by atoms with Crippen molar-refractivity contribution in [3.8, 4) is 0 Å². The van der Waals surface area contributed by atoms with Crippen LogP contribution in [0, 0.1) is 5.41 Å². The molecule has 0 aromatic rings. The molecule has 0 bridgehead atoms. The molecular weight excluding hydrogens is 248 g/mol. The Kier molecular flexibility index (Phi) is 5.37. The van der Waals surface area contributed by atoms with E-state index in [9.17, 15) is 10.2 Å². The summed E-state index contributed by atoms with van der Waals surface area (Å²) in [5, 5.41) is 18.4. The zero-order valence-corrected chi connectivity index (χ0v) is 12.7. The van der Waals surface area contributed by atoms with Gasteiger partial charge in [-0.25, -0.2) is 0 Å². The number of hydrogen-bond donors (Lipinski definition) is 2. The highest BCUT2D eigenvalue weighted by molar-refractivity contribution is 4.87. The molecule has 1 fully saturated rings. The second kappa shape index (κ2) is 6.06. The van der Waals surface area contributed by atoms with Gasteiger partial charge >= 0.3 is 0 Å². The lowest BCUT2D eigenvalue weighted by molar-refractivity contribution is -0.346. The van der Waals surface area contributed by atoms with Crippen molar-refractivity contribution in [1.29, 1.82) is 0 Å². The summed E-state index contributed by atoms with van der Waals surface area (Å²) in [5.74, 6) is -0.921. The van der Waals surface area contributed by atoms with Crippen LogP contribution in [0.4, 0.5) is 0 Å². The number of ether oxygens (including phenoxy) is 3. The molecule has 0 spiro atoms. The fourth-order valence-corrected chi connectivity index (χ4v) is 2.47. The van der Waals surface area contributed by atoms with Gasteiger partial charge < -0.3 is 24.4 Å². The Morgan fingerprint density at radius 1 is 1.16 bits per heavy atom. The summed E-state index contributed by atoms with van der Waals surface area (Å²) in [7, 11) is 0. The maximum atomic E-state index is 9.22. The number of hydrogen-bond acceptors (Lipinski definition) is 5. The van der Waals surface area contributed by atoms with Gasteiger partial charge in [0.05, 0.1) is 25.4 Å². The van der Waals surface area contributed by atoms with Gasteiger partial charge in [0.1, 0.15) is 12.7 Å². The maximum absolute atomic E-state index is 9.22. The molecule has 0 radical (unpaired) electrons. The number of rotatable bonds is 5. The van der Waals surface area contributed by atoms with Crippen molar-refractivity contribution in [3.63, 3.8) is 0 Å². The molecule has 1 saturated heterocycles. The van der Waals surface area contributed by atoms with Crippen LogP contribution in [0.1, 0.15) is 41.0 Å². The molecule has 1 unspecified atom stereocenters. The third kappa shape index (κ3) is 5.36. The van der Waals surface area contributed by atoms with Crippen LogP contribution >= 0.6 is 0 Å². The molecule has 1 atom stereocenters. The molecule has 0 aromatic heterocycles. The molecule has 0 aliphatic carbocycles. The smallest absolute Gasteiger partial charge is 0.193 e. The summed E-state index contributed by atoms with van der Waals surface area (Å²) < 4.78 is 17.5. The van der Waals surface area contributed by atoms with Gasteiger partial charge in [-0.3, -0.25) is 0 Å². The van der Waals surface area contributed by atoms with Gasteiger partial charge in [-0.2, -0.15) is 0 Å². The van der Waals surface area contributed by atoms with Crippen LogP contribution in [0.25, 0.3) is 0 Å². The summed E-state index contributed by atoms with van der Waals surface area (Å²) in [6, 6.07) is 0. The predicted octanol–water partition coefficient (Wildman–Crippen LogP) is 1.31. The van der Waals surface area contributed by atoms with Crippen LogP contribution in [0.5, 0.6) is 0 Å². The summed E-state index contributed by atoms with van der Waals surface area (Å²) >= 11 is 0. The van der Waals surface area contributed by atoms with E-state index in [0.717, 1.165) is 0 Å². The number of aliphatic hydroxyl groups is 2. The Labute approximate surface area is 115 Å². The molecule has 0 saturated carbocycles. The predicted molar refractivity (Wildman–Crippen MR) is 71.8 cm³/mol. The van der Waals surface area contributed by atoms with Crippen molar-refractivity contribution in [1.82, 2.24) is 0 Å². The fraction of sp³-hybridized carbons (Fsp3) is 1.00. The topological polar surface area (TPSA) is 68.2 Å². The summed E-state index contributed by atoms with van der Waals surface area (Å²) in [6.07, 6.45) is 0.00757. The first-order valence-corrected chi connectivity index (χ1v) is 6.79. The lowest BCUT2D eigenvalue weighted by Gasteiger charge is -2.47. The SMILES string of the molecule is CC1(C)COCC(OC(CO)CO)(OC(C)(C)C)C1. The molecule has 0 amide bonds. The van der Waals surface area contributed by atoms with Gasteiger partial charge in [0, 0.05) is 6.42 Å². The van der Waals surface area contributed by atoms with Crippen molar-refractivity contribution in [2.45, 2.75) is 58.5 Å². The highest BCUT2D eigenvalue weighted by atomic mass is 16.7. The Morgan fingerprint density at radius 2 is 1.74 bits per heavy atom. The molecule has 5 nitrogen and oxygen atoms in total. The molecule has 2 N–H and O–H groups in total. The van der Waals surface area contributed by atoms with Crippen molar-refractivity contribution in [2.24, 2.45) is 5.41 Å². The van der Waals surface area contributed by atoms with Crippen molar-refractivity contribution in [3.05, 3.63) is 0 Å². The summed E-state index contributed by atoms with van der Waals surface area (Å²) in [4.78, 5) is 0. The van der Waals surface area contributed by atoms with Gasteiger partial charge in [-0.05, 0) is 26.2 Å². The highest BCUT2D eigenvalue weighted by Crippen LogP contribution is 2.39. The molecule has 5 heteroatoms. The van der Waals surface area contributed by atoms with E-state index in [2.05, 4.69) is 13.8 Å². The van der Waals surface area contributed by atoms with E-state index in [1.165, 1.54) is 0 Å². The maximum Gasteiger partial charge on any atom is 0.193 e. The molecule has 114 valence electrons. The molecular formula is C14H28O5. The molecule has 1 heterocycles. The van der Waals surface area contributed by atoms with Crippen LogP contribution in [-0.4, -0.2) is 54.1 Å². The van der Waals surface area contributed by atoms with Crippen molar-refractivity contribution >= 4 is 0 Å². The summed E-state index contributed by atoms with van der Waals surface area (Å²) in [6.45, 7) is 10.5. The van der Waals surface area contributed by atoms with Gasteiger partial charge in [0.2, 0.25) is 0 Å². The number of aliphatic hydroxyl groups excluding tert-OH is 2. The highest BCUT2D eigenvalue weighted by Gasteiger charge is 2.46. The van der Waals surface area contributed by atoms with E-state index < -0.39 is 17.5 Å². The van der Waals surface area contributed by atoms with Crippen molar-refractivity contribution < 1.29 is 24.4 Å². The average Bonchev–Trinajstić information content (AvgIpc) is 2.22. The van der Waals surface area contributed by atoms with E-state index >= 15 is 0 Å². The molecule has 1 aliphatic heterocycles. The third-order valence-corrected chi connectivity index (χ3v) is 2.84. The Bertz CT molecular complexity index is 276. The normalized spacial score (nSPS) is 27.8. The van der Waals surface area contributed by atoms with Gasteiger partial charge in [-0.15, -0.1) is 0 Å². The first kappa shape index (κ1) is 16.9. The van der Waals surface area contributed by atoms with Crippen molar-refractivity contribution in [2.75, 3.05) is 26.4 Å². The van der Waals surface area contributed by atoms with Gasteiger partial charge in [0.15, 0.2) is 5.79 Å². The molecule has 1 aliphatic rings. The van der Waals surface area contributed by atoms with E-state index in [-0.39, 0.29) is 18.6 Å². The molecule has 0 aromatic carbocycles. The zero-order valence-electron chi connectivity index (χ0n) is 12.7. The minimum absolute atomic E-state index is 0.0705. The lowest BCUT2D eigenvalue weighted by Crippen LogP contribution is -2.55.